The van der Waals surface area contributed by atoms with E-state index < -0.39 is 0 Å². The molecular formula is C20H19NO3. The zero-order valence-electron chi connectivity index (χ0n) is 13.3. The van der Waals surface area contributed by atoms with E-state index in [1.807, 2.05) is 30.3 Å². The minimum atomic E-state index is -0.224. The lowest BCUT2D eigenvalue weighted by molar-refractivity contribution is -0.116. The van der Waals surface area contributed by atoms with Gasteiger partial charge in [0.05, 0.1) is 12.8 Å². The molecule has 4 heteroatoms. The van der Waals surface area contributed by atoms with Crippen LogP contribution in [0, 0.1) is 11.8 Å². The number of furan rings is 1. The summed E-state index contributed by atoms with van der Waals surface area (Å²) in [4.78, 5) is 11.6. The maximum Gasteiger partial charge on any atom is 0.244 e. The minimum absolute atomic E-state index is 0.224. The zero-order valence-corrected chi connectivity index (χ0v) is 13.3. The van der Waals surface area contributed by atoms with Crippen LogP contribution in [-0.4, -0.2) is 19.1 Å². The molecule has 0 saturated heterocycles. The van der Waals surface area contributed by atoms with Crippen LogP contribution < -0.4 is 10.1 Å². The standard InChI is InChI=1S/C20H19NO3/c1-2-8-17-9-3-4-11-19(17)24-15-6-5-14-21-20(22)13-12-18-10-7-16-23-18/h2-4,7,9-13,16H,1,8,14-15H2,(H,21,22)/b13-12+. The van der Waals surface area contributed by atoms with Crippen LogP contribution in [-0.2, 0) is 11.2 Å². The molecule has 0 unspecified atom stereocenters. The van der Waals surface area contributed by atoms with Crippen molar-refractivity contribution in [3.8, 4) is 17.6 Å². The summed E-state index contributed by atoms with van der Waals surface area (Å²) >= 11 is 0. The van der Waals surface area contributed by atoms with E-state index in [0.717, 1.165) is 17.7 Å². The molecule has 0 bridgehead atoms. The second kappa shape index (κ2) is 9.75. The molecule has 4 nitrogen and oxygen atoms in total. The van der Waals surface area contributed by atoms with E-state index in [2.05, 4.69) is 23.7 Å². The third-order valence-electron chi connectivity index (χ3n) is 3.05. The molecule has 0 radical (unpaired) electrons. The van der Waals surface area contributed by atoms with Gasteiger partial charge in [-0.1, -0.05) is 36.1 Å². The van der Waals surface area contributed by atoms with Crippen molar-refractivity contribution in [2.24, 2.45) is 0 Å². The van der Waals surface area contributed by atoms with Gasteiger partial charge in [-0.15, -0.1) is 6.58 Å². The Labute approximate surface area is 141 Å². The minimum Gasteiger partial charge on any atom is -0.481 e. The molecule has 2 aromatic rings. The largest absolute Gasteiger partial charge is 0.481 e. The highest BCUT2D eigenvalue weighted by molar-refractivity contribution is 5.91. The number of para-hydroxylation sites is 1. The average Bonchev–Trinajstić information content (AvgIpc) is 3.11. The number of amides is 1. The highest BCUT2D eigenvalue weighted by atomic mass is 16.5. The molecule has 1 N–H and O–H groups in total. The Morgan fingerprint density at radius 2 is 2.12 bits per heavy atom. The first-order valence-corrected chi connectivity index (χ1v) is 7.56. The van der Waals surface area contributed by atoms with E-state index in [1.165, 1.54) is 6.08 Å². The Morgan fingerprint density at radius 1 is 1.25 bits per heavy atom. The maximum atomic E-state index is 11.6. The van der Waals surface area contributed by atoms with Gasteiger partial charge in [0.2, 0.25) is 5.91 Å². The third-order valence-corrected chi connectivity index (χ3v) is 3.05. The van der Waals surface area contributed by atoms with Gasteiger partial charge in [0.1, 0.15) is 18.1 Å². The van der Waals surface area contributed by atoms with Crippen molar-refractivity contribution in [2.45, 2.75) is 6.42 Å². The fourth-order valence-electron chi connectivity index (χ4n) is 1.93. The Hall–Kier alpha value is -3.19. The number of nitrogens with one attached hydrogen (secondary N) is 1. The smallest absolute Gasteiger partial charge is 0.244 e. The number of hydrogen-bond acceptors (Lipinski definition) is 3. The molecule has 1 heterocycles. The molecule has 0 saturated carbocycles. The van der Waals surface area contributed by atoms with Crippen molar-refractivity contribution in [2.75, 3.05) is 13.2 Å². The summed E-state index contributed by atoms with van der Waals surface area (Å²) < 4.78 is 10.7. The molecule has 1 aromatic heterocycles. The van der Waals surface area contributed by atoms with Gasteiger partial charge >= 0.3 is 0 Å². The highest BCUT2D eigenvalue weighted by Crippen LogP contribution is 2.18. The number of hydrogen-bond donors (Lipinski definition) is 1. The number of allylic oxidation sites excluding steroid dienone is 1. The van der Waals surface area contributed by atoms with Gasteiger partial charge in [-0.3, -0.25) is 4.79 Å². The topological polar surface area (TPSA) is 51.5 Å². The number of benzene rings is 1. The molecule has 1 aromatic carbocycles. The first-order valence-electron chi connectivity index (χ1n) is 7.56. The Kier molecular flexibility index (Phi) is 6.98. The molecule has 0 atom stereocenters. The molecule has 24 heavy (non-hydrogen) atoms. The Bertz CT molecular complexity index is 749. The van der Waals surface area contributed by atoms with Crippen LogP contribution in [0.2, 0.25) is 0 Å². The number of carbonyl (C=O) groups is 1. The predicted octanol–water partition coefficient (Wildman–Crippen LogP) is 3.22. The number of ether oxygens (including phenoxy) is 1. The summed E-state index contributed by atoms with van der Waals surface area (Å²) in [5, 5.41) is 2.67. The highest BCUT2D eigenvalue weighted by Gasteiger charge is 1.99. The first kappa shape index (κ1) is 17.2. The van der Waals surface area contributed by atoms with Crippen LogP contribution in [0.1, 0.15) is 11.3 Å². The lowest BCUT2D eigenvalue weighted by Gasteiger charge is -2.07. The summed E-state index contributed by atoms with van der Waals surface area (Å²) in [6, 6.07) is 11.3. The molecule has 2 rings (SSSR count). The van der Waals surface area contributed by atoms with Crippen LogP contribution in [0.15, 0.2) is 65.8 Å². The summed E-state index contributed by atoms with van der Waals surface area (Å²) in [6.07, 6.45) is 7.14. The third kappa shape index (κ3) is 5.90. The van der Waals surface area contributed by atoms with E-state index in [-0.39, 0.29) is 19.1 Å². The molecule has 0 fully saturated rings. The predicted molar refractivity (Wildman–Crippen MR) is 94.4 cm³/mol. The van der Waals surface area contributed by atoms with E-state index in [1.54, 1.807) is 24.5 Å². The van der Waals surface area contributed by atoms with Crippen molar-refractivity contribution in [3.05, 3.63) is 72.7 Å². The van der Waals surface area contributed by atoms with Crippen molar-refractivity contribution >= 4 is 12.0 Å². The van der Waals surface area contributed by atoms with Gasteiger partial charge in [-0.05, 0) is 36.3 Å². The van der Waals surface area contributed by atoms with Crippen LogP contribution in [0.5, 0.6) is 5.75 Å². The monoisotopic (exact) mass is 321 g/mol. The second-order valence-corrected chi connectivity index (χ2v) is 4.81. The lowest BCUT2D eigenvalue weighted by Crippen LogP contribution is -2.21. The summed E-state index contributed by atoms with van der Waals surface area (Å²) in [5.41, 5.74) is 1.07. The van der Waals surface area contributed by atoms with Gasteiger partial charge in [0.25, 0.3) is 0 Å². The van der Waals surface area contributed by atoms with E-state index in [9.17, 15) is 4.79 Å². The molecule has 1 amide bonds. The maximum absolute atomic E-state index is 11.6. The summed E-state index contributed by atoms with van der Waals surface area (Å²) in [6.45, 7) is 4.26. The lowest BCUT2D eigenvalue weighted by atomic mass is 10.1. The molecule has 122 valence electrons. The number of carbonyl (C=O) groups excluding carboxylic acids is 1. The van der Waals surface area contributed by atoms with Crippen molar-refractivity contribution < 1.29 is 13.9 Å². The van der Waals surface area contributed by atoms with E-state index >= 15 is 0 Å². The second-order valence-electron chi connectivity index (χ2n) is 4.81. The van der Waals surface area contributed by atoms with Gasteiger partial charge in [0, 0.05) is 6.08 Å². The van der Waals surface area contributed by atoms with Gasteiger partial charge in [-0.2, -0.15) is 0 Å². The van der Waals surface area contributed by atoms with Crippen LogP contribution in [0.4, 0.5) is 0 Å². The summed E-state index contributed by atoms with van der Waals surface area (Å²) in [5.74, 6) is 6.93. The molecule has 0 aliphatic heterocycles. The fourth-order valence-corrected chi connectivity index (χ4v) is 1.93. The summed E-state index contributed by atoms with van der Waals surface area (Å²) in [7, 11) is 0. The quantitative estimate of drug-likeness (QED) is 0.484. The molecule has 0 spiro atoms. The zero-order chi connectivity index (χ0) is 17.0. The van der Waals surface area contributed by atoms with Gasteiger partial charge in [-0.25, -0.2) is 0 Å². The van der Waals surface area contributed by atoms with Crippen molar-refractivity contribution in [1.29, 1.82) is 0 Å². The Balaban J connectivity index is 1.71. The van der Waals surface area contributed by atoms with Crippen LogP contribution >= 0.6 is 0 Å². The molecule has 0 aliphatic rings. The fraction of sp³-hybridized carbons (Fsp3) is 0.150. The molecular weight excluding hydrogens is 302 g/mol. The average molecular weight is 321 g/mol. The van der Waals surface area contributed by atoms with Crippen LogP contribution in [0.3, 0.4) is 0 Å². The van der Waals surface area contributed by atoms with E-state index in [0.29, 0.717) is 5.76 Å². The SMILES string of the molecule is C=CCc1ccccc1OCC#CCNC(=O)/C=C/c1ccco1. The van der Waals surface area contributed by atoms with Gasteiger partial charge in [0.15, 0.2) is 0 Å². The van der Waals surface area contributed by atoms with Crippen molar-refractivity contribution in [3.63, 3.8) is 0 Å². The number of rotatable bonds is 7. The van der Waals surface area contributed by atoms with Gasteiger partial charge < -0.3 is 14.5 Å². The Morgan fingerprint density at radius 3 is 2.92 bits per heavy atom. The van der Waals surface area contributed by atoms with E-state index in [4.69, 9.17) is 9.15 Å². The normalized spacial score (nSPS) is 10.0. The first-order chi connectivity index (χ1) is 11.8. The van der Waals surface area contributed by atoms with Crippen molar-refractivity contribution in [1.82, 2.24) is 5.32 Å². The molecule has 0 aliphatic carbocycles. The van der Waals surface area contributed by atoms with Crippen LogP contribution in [0.25, 0.3) is 6.08 Å².